The van der Waals surface area contributed by atoms with Crippen molar-refractivity contribution in [2.24, 2.45) is 0 Å². The maximum absolute atomic E-state index is 5.83. The van der Waals surface area contributed by atoms with E-state index in [2.05, 4.69) is 12.1 Å². The van der Waals surface area contributed by atoms with Crippen LogP contribution in [0.3, 0.4) is 0 Å². The van der Waals surface area contributed by atoms with Crippen LogP contribution in [0, 0.1) is 0 Å². The smallest absolute Gasteiger partial charge is 0.103 e. The molecule has 0 amide bonds. The Bertz CT molecular complexity index is 293. The van der Waals surface area contributed by atoms with Gasteiger partial charge < -0.3 is 4.74 Å². The first-order valence-electron chi connectivity index (χ1n) is 5.32. The highest BCUT2D eigenvalue weighted by Gasteiger charge is 2.13. The molecule has 1 heterocycles. The highest BCUT2D eigenvalue weighted by atomic mass is 35.5. The van der Waals surface area contributed by atoms with Crippen molar-refractivity contribution in [3.8, 4) is 0 Å². The molecule has 82 valence electrons. The predicted octanol–water partition coefficient (Wildman–Crippen LogP) is 4.10. The maximum Gasteiger partial charge on any atom is 0.103 e. The highest BCUT2D eigenvalue weighted by Crippen LogP contribution is 2.26. The van der Waals surface area contributed by atoms with Gasteiger partial charge in [-0.15, -0.1) is 11.8 Å². The second-order valence-corrected chi connectivity index (χ2v) is 5.32. The van der Waals surface area contributed by atoms with Crippen LogP contribution in [0.1, 0.15) is 24.8 Å². The van der Waals surface area contributed by atoms with Gasteiger partial charge in [-0.05, 0) is 37.0 Å². The molecule has 1 aliphatic heterocycles. The SMILES string of the molecule is Clc1ccc(CSC2CCCCO2)cc1. The number of rotatable bonds is 3. The van der Waals surface area contributed by atoms with Gasteiger partial charge in [0.15, 0.2) is 0 Å². The van der Waals surface area contributed by atoms with Gasteiger partial charge in [0.2, 0.25) is 0 Å². The molecular formula is C12H15ClOS. The van der Waals surface area contributed by atoms with Crippen LogP contribution in [0.2, 0.25) is 5.02 Å². The molecule has 1 aromatic rings. The van der Waals surface area contributed by atoms with Crippen LogP contribution >= 0.6 is 23.4 Å². The summed E-state index contributed by atoms with van der Waals surface area (Å²) in [6.07, 6.45) is 3.72. The molecule has 1 unspecified atom stereocenters. The van der Waals surface area contributed by atoms with E-state index in [1.165, 1.54) is 24.8 Å². The minimum Gasteiger partial charge on any atom is -0.368 e. The van der Waals surface area contributed by atoms with Crippen LogP contribution in [0.25, 0.3) is 0 Å². The van der Waals surface area contributed by atoms with Gasteiger partial charge in [-0.25, -0.2) is 0 Å². The molecule has 0 aliphatic carbocycles. The number of hydrogen-bond donors (Lipinski definition) is 0. The Morgan fingerprint density at radius 1 is 1.27 bits per heavy atom. The summed E-state index contributed by atoms with van der Waals surface area (Å²) in [5.74, 6) is 1.02. The first-order chi connectivity index (χ1) is 7.34. The summed E-state index contributed by atoms with van der Waals surface area (Å²) >= 11 is 7.72. The van der Waals surface area contributed by atoms with E-state index in [0.29, 0.717) is 5.44 Å². The first-order valence-corrected chi connectivity index (χ1v) is 6.75. The number of halogens is 1. The predicted molar refractivity (Wildman–Crippen MR) is 66.3 cm³/mol. The summed E-state index contributed by atoms with van der Waals surface area (Å²) in [4.78, 5) is 0. The minimum atomic E-state index is 0.398. The fraction of sp³-hybridized carbons (Fsp3) is 0.500. The molecule has 0 N–H and O–H groups in total. The number of thioether (sulfide) groups is 1. The lowest BCUT2D eigenvalue weighted by atomic mass is 10.2. The molecule has 1 saturated heterocycles. The topological polar surface area (TPSA) is 9.23 Å². The fourth-order valence-corrected chi connectivity index (χ4v) is 2.83. The van der Waals surface area contributed by atoms with E-state index in [0.717, 1.165) is 17.4 Å². The molecule has 3 heteroatoms. The zero-order chi connectivity index (χ0) is 10.5. The summed E-state index contributed by atoms with van der Waals surface area (Å²) in [7, 11) is 0. The van der Waals surface area contributed by atoms with Crippen molar-refractivity contribution in [3.05, 3.63) is 34.9 Å². The van der Waals surface area contributed by atoms with E-state index >= 15 is 0 Å². The van der Waals surface area contributed by atoms with Crippen molar-refractivity contribution in [3.63, 3.8) is 0 Å². The summed E-state index contributed by atoms with van der Waals surface area (Å²) < 4.78 is 5.66. The number of benzene rings is 1. The van der Waals surface area contributed by atoms with Crippen molar-refractivity contribution < 1.29 is 4.74 Å². The summed E-state index contributed by atoms with van der Waals surface area (Å²) in [5.41, 5.74) is 1.72. The molecule has 0 radical (unpaired) electrons. The average Bonchev–Trinajstić information content (AvgIpc) is 2.30. The van der Waals surface area contributed by atoms with E-state index in [1.54, 1.807) is 0 Å². The molecule has 2 rings (SSSR count). The van der Waals surface area contributed by atoms with Gasteiger partial charge in [-0.3, -0.25) is 0 Å². The molecule has 0 saturated carbocycles. The van der Waals surface area contributed by atoms with Gasteiger partial charge in [0, 0.05) is 17.4 Å². The second kappa shape index (κ2) is 5.78. The van der Waals surface area contributed by atoms with E-state index in [9.17, 15) is 0 Å². The van der Waals surface area contributed by atoms with Crippen LogP contribution in [0.4, 0.5) is 0 Å². The third kappa shape index (κ3) is 3.71. The van der Waals surface area contributed by atoms with Crippen LogP contribution in [0.5, 0.6) is 0 Å². The third-order valence-corrected chi connectivity index (χ3v) is 3.98. The Hall–Kier alpha value is -0.180. The van der Waals surface area contributed by atoms with E-state index in [-0.39, 0.29) is 0 Å². The van der Waals surface area contributed by atoms with Gasteiger partial charge >= 0.3 is 0 Å². The maximum atomic E-state index is 5.83. The Morgan fingerprint density at radius 3 is 2.73 bits per heavy atom. The zero-order valence-electron chi connectivity index (χ0n) is 8.62. The Morgan fingerprint density at radius 2 is 2.07 bits per heavy atom. The summed E-state index contributed by atoms with van der Waals surface area (Å²) in [6.45, 7) is 0.929. The standard InChI is InChI=1S/C12H15ClOS/c13-11-6-4-10(5-7-11)9-15-12-3-1-2-8-14-12/h4-7,12H,1-3,8-9H2. The Kier molecular flexibility index (Phi) is 4.36. The van der Waals surface area contributed by atoms with Gasteiger partial charge in [-0.1, -0.05) is 23.7 Å². The van der Waals surface area contributed by atoms with Gasteiger partial charge in [0.1, 0.15) is 5.44 Å². The molecule has 1 fully saturated rings. The van der Waals surface area contributed by atoms with E-state index in [4.69, 9.17) is 16.3 Å². The van der Waals surface area contributed by atoms with Crippen LogP contribution in [0.15, 0.2) is 24.3 Å². The van der Waals surface area contributed by atoms with Gasteiger partial charge in [-0.2, -0.15) is 0 Å². The second-order valence-electron chi connectivity index (χ2n) is 3.73. The van der Waals surface area contributed by atoms with Crippen LogP contribution in [-0.2, 0) is 10.5 Å². The molecule has 1 aromatic carbocycles. The summed E-state index contributed by atoms with van der Waals surface area (Å²) in [5, 5.41) is 0.803. The lowest BCUT2D eigenvalue weighted by molar-refractivity contribution is 0.0727. The fourth-order valence-electron chi connectivity index (χ4n) is 1.61. The molecule has 0 bridgehead atoms. The lowest BCUT2D eigenvalue weighted by Gasteiger charge is -2.21. The van der Waals surface area contributed by atoms with Crippen molar-refractivity contribution in [2.75, 3.05) is 6.61 Å². The van der Waals surface area contributed by atoms with Crippen LogP contribution in [-0.4, -0.2) is 12.0 Å². The van der Waals surface area contributed by atoms with Crippen molar-refractivity contribution in [1.29, 1.82) is 0 Å². The monoisotopic (exact) mass is 242 g/mol. The molecule has 1 atom stereocenters. The normalized spacial score (nSPS) is 21.5. The highest BCUT2D eigenvalue weighted by molar-refractivity contribution is 7.99. The molecule has 0 spiro atoms. The molecule has 1 aliphatic rings. The van der Waals surface area contributed by atoms with Crippen molar-refractivity contribution >= 4 is 23.4 Å². The van der Waals surface area contributed by atoms with Crippen LogP contribution < -0.4 is 0 Å². The van der Waals surface area contributed by atoms with Gasteiger partial charge in [0.05, 0.1) is 0 Å². The lowest BCUT2D eigenvalue weighted by Crippen LogP contribution is -2.15. The molecule has 0 aromatic heterocycles. The van der Waals surface area contributed by atoms with Gasteiger partial charge in [0.25, 0.3) is 0 Å². The first kappa shape index (κ1) is 11.3. The molecule has 15 heavy (non-hydrogen) atoms. The Balaban J connectivity index is 1.79. The van der Waals surface area contributed by atoms with E-state index < -0.39 is 0 Å². The average molecular weight is 243 g/mol. The molecular weight excluding hydrogens is 228 g/mol. The minimum absolute atomic E-state index is 0.398. The molecule has 1 nitrogen and oxygen atoms in total. The quantitative estimate of drug-likeness (QED) is 0.789. The third-order valence-electron chi connectivity index (χ3n) is 2.49. The van der Waals surface area contributed by atoms with Crippen molar-refractivity contribution in [1.82, 2.24) is 0 Å². The Labute approximate surface area is 100 Å². The van der Waals surface area contributed by atoms with Crippen molar-refractivity contribution in [2.45, 2.75) is 30.5 Å². The van der Waals surface area contributed by atoms with E-state index in [1.807, 2.05) is 23.9 Å². The summed E-state index contributed by atoms with van der Waals surface area (Å²) in [6, 6.07) is 8.05. The number of ether oxygens (including phenoxy) is 1. The zero-order valence-corrected chi connectivity index (χ0v) is 10.2. The number of hydrogen-bond acceptors (Lipinski definition) is 2. The largest absolute Gasteiger partial charge is 0.368 e.